The summed E-state index contributed by atoms with van der Waals surface area (Å²) in [7, 11) is 4.83. The van der Waals surface area contributed by atoms with Crippen molar-refractivity contribution in [1.82, 2.24) is 9.80 Å². The molecule has 0 bridgehead atoms. The largest absolute Gasteiger partial charge is 0.493 e. The summed E-state index contributed by atoms with van der Waals surface area (Å²) in [4.78, 5) is 27.8. The summed E-state index contributed by atoms with van der Waals surface area (Å²) >= 11 is 0. The standard InChI is InChI=1S/C19H28N2O5/c1-14(22)20(7-5-9-24-2)13-19(23)21-8-6-15-10-17(25-3)18(26-4)11-16(15)12-21/h10-11H,5-9,12-13H2,1-4H3. The highest BCUT2D eigenvalue weighted by molar-refractivity contribution is 5.84. The van der Waals surface area contributed by atoms with Gasteiger partial charge in [0.1, 0.15) is 0 Å². The average Bonchev–Trinajstić information content (AvgIpc) is 2.65. The Morgan fingerprint density at radius 2 is 1.77 bits per heavy atom. The summed E-state index contributed by atoms with van der Waals surface area (Å²) in [5.74, 6) is 1.22. The van der Waals surface area contributed by atoms with Crippen LogP contribution in [0.5, 0.6) is 11.5 Å². The van der Waals surface area contributed by atoms with Gasteiger partial charge in [-0.2, -0.15) is 0 Å². The Labute approximate surface area is 154 Å². The predicted octanol–water partition coefficient (Wildman–Crippen LogP) is 1.47. The highest BCUT2D eigenvalue weighted by Crippen LogP contribution is 2.33. The Balaban J connectivity index is 2.04. The molecule has 144 valence electrons. The van der Waals surface area contributed by atoms with Gasteiger partial charge < -0.3 is 24.0 Å². The van der Waals surface area contributed by atoms with Crippen molar-refractivity contribution in [3.8, 4) is 11.5 Å². The van der Waals surface area contributed by atoms with Crippen LogP contribution >= 0.6 is 0 Å². The summed E-state index contributed by atoms with van der Waals surface area (Å²) < 4.78 is 15.7. The molecule has 0 N–H and O–H groups in total. The van der Waals surface area contributed by atoms with Crippen LogP contribution in [0.25, 0.3) is 0 Å². The molecule has 1 aliphatic heterocycles. The van der Waals surface area contributed by atoms with Crippen molar-refractivity contribution in [2.24, 2.45) is 0 Å². The molecular weight excluding hydrogens is 336 g/mol. The Kier molecular flexibility index (Phi) is 7.26. The maximum Gasteiger partial charge on any atom is 0.242 e. The number of fused-ring (bicyclic) bond motifs is 1. The van der Waals surface area contributed by atoms with E-state index in [2.05, 4.69) is 0 Å². The van der Waals surface area contributed by atoms with Crippen molar-refractivity contribution < 1.29 is 23.8 Å². The third-order valence-corrected chi connectivity index (χ3v) is 4.62. The fourth-order valence-corrected chi connectivity index (χ4v) is 3.11. The molecule has 1 heterocycles. The molecule has 0 atom stereocenters. The van der Waals surface area contributed by atoms with Gasteiger partial charge in [0.25, 0.3) is 0 Å². The smallest absolute Gasteiger partial charge is 0.242 e. The first-order chi connectivity index (χ1) is 12.5. The van der Waals surface area contributed by atoms with Gasteiger partial charge in [0, 0.05) is 40.3 Å². The van der Waals surface area contributed by atoms with E-state index in [1.54, 1.807) is 31.1 Å². The van der Waals surface area contributed by atoms with Crippen molar-refractivity contribution in [3.05, 3.63) is 23.3 Å². The fraction of sp³-hybridized carbons (Fsp3) is 0.579. The lowest BCUT2D eigenvalue weighted by Gasteiger charge is -2.31. The molecule has 0 unspecified atom stereocenters. The van der Waals surface area contributed by atoms with Gasteiger partial charge in [-0.1, -0.05) is 0 Å². The van der Waals surface area contributed by atoms with Gasteiger partial charge >= 0.3 is 0 Å². The third kappa shape index (κ3) is 4.88. The molecule has 7 nitrogen and oxygen atoms in total. The van der Waals surface area contributed by atoms with Crippen LogP contribution in [0.4, 0.5) is 0 Å². The molecule has 1 aromatic rings. The number of carbonyl (C=O) groups excluding carboxylic acids is 2. The molecule has 0 saturated heterocycles. The SMILES string of the molecule is COCCCN(CC(=O)N1CCc2cc(OC)c(OC)cc2C1)C(C)=O. The summed E-state index contributed by atoms with van der Waals surface area (Å²) in [5, 5.41) is 0. The minimum absolute atomic E-state index is 0.0435. The second-order valence-electron chi connectivity index (χ2n) is 6.33. The van der Waals surface area contributed by atoms with Gasteiger partial charge in [0.05, 0.1) is 20.8 Å². The van der Waals surface area contributed by atoms with Crippen LogP contribution in [0.1, 0.15) is 24.5 Å². The normalized spacial score (nSPS) is 13.2. The number of nitrogens with zero attached hydrogens (tertiary/aromatic N) is 2. The molecule has 0 fully saturated rings. The van der Waals surface area contributed by atoms with Crippen molar-refractivity contribution >= 4 is 11.8 Å². The average molecular weight is 364 g/mol. The van der Waals surface area contributed by atoms with E-state index in [1.807, 2.05) is 12.1 Å². The fourth-order valence-electron chi connectivity index (χ4n) is 3.11. The Morgan fingerprint density at radius 3 is 2.35 bits per heavy atom. The monoisotopic (exact) mass is 364 g/mol. The number of amides is 2. The van der Waals surface area contributed by atoms with E-state index in [0.29, 0.717) is 44.2 Å². The van der Waals surface area contributed by atoms with Crippen molar-refractivity contribution in [2.45, 2.75) is 26.3 Å². The number of rotatable bonds is 8. The summed E-state index contributed by atoms with van der Waals surface area (Å²) in [5.41, 5.74) is 2.21. The van der Waals surface area contributed by atoms with E-state index in [-0.39, 0.29) is 18.4 Å². The predicted molar refractivity (Wildman–Crippen MR) is 97.4 cm³/mol. The third-order valence-electron chi connectivity index (χ3n) is 4.62. The molecule has 1 aromatic carbocycles. The number of benzene rings is 1. The highest BCUT2D eigenvalue weighted by atomic mass is 16.5. The van der Waals surface area contributed by atoms with Crippen LogP contribution in [-0.2, 0) is 27.3 Å². The van der Waals surface area contributed by atoms with Crippen molar-refractivity contribution in [2.75, 3.05) is 47.6 Å². The molecule has 0 radical (unpaired) electrons. The minimum Gasteiger partial charge on any atom is -0.493 e. The summed E-state index contributed by atoms with van der Waals surface area (Å²) in [6.45, 7) is 3.81. The molecule has 7 heteroatoms. The zero-order valence-corrected chi connectivity index (χ0v) is 16.0. The topological polar surface area (TPSA) is 68.3 Å². The van der Waals surface area contributed by atoms with E-state index in [9.17, 15) is 9.59 Å². The second kappa shape index (κ2) is 9.43. The number of methoxy groups -OCH3 is 3. The molecule has 0 spiro atoms. The molecule has 0 aromatic heterocycles. The maximum absolute atomic E-state index is 12.7. The maximum atomic E-state index is 12.7. The first-order valence-corrected chi connectivity index (χ1v) is 8.76. The van der Waals surface area contributed by atoms with E-state index in [0.717, 1.165) is 17.5 Å². The lowest BCUT2D eigenvalue weighted by Crippen LogP contribution is -2.44. The zero-order chi connectivity index (χ0) is 19.1. The Morgan fingerprint density at radius 1 is 1.12 bits per heavy atom. The lowest BCUT2D eigenvalue weighted by molar-refractivity contribution is -0.140. The van der Waals surface area contributed by atoms with E-state index in [1.165, 1.54) is 6.92 Å². The van der Waals surface area contributed by atoms with Crippen LogP contribution in [-0.4, -0.2) is 69.2 Å². The van der Waals surface area contributed by atoms with Gasteiger partial charge in [0.2, 0.25) is 11.8 Å². The number of ether oxygens (including phenoxy) is 3. The van der Waals surface area contributed by atoms with Crippen LogP contribution in [0.2, 0.25) is 0 Å². The van der Waals surface area contributed by atoms with Gasteiger partial charge in [-0.05, 0) is 36.1 Å². The molecule has 26 heavy (non-hydrogen) atoms. The quantitative estimate of drug-likeness (QED) is 0.654. The van der Waals surface area contributed by atoms with Gasteiger partial charge in [-0.3, -0.25) is 9.59 Å². The Hall–Kier alpha value is -2.28. The van der Waals surface area contributed by atoms with Gasteiger partial charge in [-0.25, -0.2) is 0 Å². The lowest BCUT2D eigenvalue weighted by atomic mass is 9.98. The van der Waals surface area contributed by atoms with Crippen molar-refractivity contribution in [3.63, 3.8) is 0 Å². The number of hydrogen-bond donors (Lipinski definition) is 0. The summed E-state index contributed by atoms with van der Waals surface area (Å²) in [6, 6.07) is 3.90. The van der Waals surface area contributed by atoms with E-state index < -0.39 is 0 Å². The van der Waals surface area contributed by atoms with Crippen LogP contribution < -0.4 is 9.47 Å². The number of hydrogen-bond acceptors (Lipinski definition) is 5. The van der Waals surface area contributed by atoms with Crippen LogP contribution in [0.3, 0.4) is 0 Å². The van der Waals surface area contributed by atoms with Gasteiger partial charge in [-0.15, -0.1) is 0 Å². The second-order valence-corrected chi connectivity index (χ2v) is 6.33. The van der Waals surface area contributed by atoms with Crippen molar-refractivity contribution in [1.29, 1.82) is 0 Å². The minimum atomic E-state index is -0.0988. The molecule has 2 rings (SSSR count). The van der Waals surface area contributed by atoms with Gasteiger partial charge in [0.15, 0.2) is 11.5 Å². The number of carbonyl (C=O) groups is 2. The Bertz CT molecular complexity index is 647. The summed E-state index contributed by atoms with van der Waals surface area (Å²) in [6.07, 6.45) is 1.47. The molecule has 0 saturated carbocycles. The van der Waals surface area contributed by atoms with E-state index in [4.69, 9.17) is 14.2 Å². The first-order valence-electron chi connectivity index (χ1n) is 8.76. The van der Waals surface area contributed by atoms with E-state index >= 15 is 0 Å². The zero-order valence-electron chi connectivity index (χ0n) is 16.0. The molecular formula is C19H28N2O5. The highest BCUT2D eigenvalue weighted by Gasteiger charge is 2.24. The molecule has 1 aliphatic rings. The molecule has 2 amide bonds. The van der Waals surface area contributed by atoms with Crippen LogP contribution in [0, 0.1) is 0 Å². The molecule has 0 aliphatic carbocycles. The first kappa shape index (κ1) is 20.0. The van der Waals surface area contributed by atoms with Crippen LogP contribution in [0.15, 0.2) is 12.1 Å².